The van der Waals surface area contributed by atoms with E-state index in [0.29, 0.717) is 5.92 Å². The molecule has 0 aromatic carbocycles. The maximum atomic E-state index is 13.5. The van der Waals surface area contributed by atoms with Crippen LogP contribution < -0.4 is 0 Å². The van der Waals surface area contributed by atoms with Crippen molar-refractivity contribution in [3.63, 3.8) is 0 Å². The molecular weight excluding hydrogens is 412 g/mol. The van der Waals surface area contributed by atoms with Crippen LogP contribution in [0.25, 0.3) is 11.1 Å². The van der Waals surface area contributed by atoms with Gasteiger partial charge in [0.05, 0.1) is 46.4 Å². The first kappa shape index (κ1) is 21.8. The summed E-state index contributed by atoms with van der Waals surface area (Å²) in [5, 5.41) is 4.83. The van der Waals surface area contributed by atoms with E-state index in [-0.39, 0.29) is 11.8 Å². The molecule has 2 aromatic heterocycles. The number of aryl methyl sites for hydroxylation is 2. The molecule has 0 aliphatic carbocycles. The molecule has 7 nitrogen and oxygen atoms in total. The van der Waals surface area contributed by atoms with Gasteiger partial charge in [-0.3, -0.25) is 19.7 Å². The van der Waals surface area contributed by atoms with E-state index in [4.69, 9.17) is 10.1 Å². The number of aliphatic imine (C=N–C) groups is 1. The number of rotatable bonds is 3. The zero-order valence-corrected chi connectivity index (χ0v) is 20.0. The number of hydrogen-bond donors (Lipinski definition) is 0. The van der Waals surface area contributed by atoms with Crippen LogP contribution in [0.1, 0.15) is 50.2 Å². The first-order valence-electron chi connectivity index (χ1n) is 12.0. The number of piperidine rings is 1. The third-order valence-corrected chi connectivity index (χ3v) is 7.03. The van der Waals surface area contributed by atoms with E-state index >= 15 is 0 Å². The predicted molar refractivity (Wildman–Crippen MR) is 131 cm³/mol. The van der Waals surface area contributed by atoms with Gasteiger partial charge in [0.15, 0.2) is 0 Å². The van der Waals surface area contributed by atoms with Crippen LogP contribution in [0, 0.1) is 18.8 Å². The summed E-state index contributed by atoms with van der Waals surface area (Å²) < 4.78 is 1.90. The molecule has 0 bridgehead atoms. The Balaban J connectivity index is 1.49. The Morgan fingerprint density at radius 1 is 1.21 bits per heavy atom. The maximum Gasteiger partial charge on any atom is 0.255 e. The summed E-state index contributed by atoms with van der Waals surface area (Å²) >= 11 is 0. The monoisotopic (exact) mass is 444 g/mol. The molecule has 1 fully saturated rings. The van der Waals surface area contributed by atoms with Gasteiger partial charge in [0.1, 0.15) is 0 Å². The molecule has 33 heavy (non-hydrogen) atoms. The highest BCUT2D eigenvalue weighted by molar-refractivity contribution is 6.01. The minimum atomic E-state index is -0.0403. The van der Waals surface area contributed by atoms with Gasteiger partial charge in [0.2, 0.25) is 0 Å². The Labute approximate surface area is 195 Å². The smallest absolute Gasteiger partial charge is 0.255 e. The van der Waals surface area contributed by atoms with E-state index in [1.54, 1.807) is 11.0 Å². The van der Waals surface area contributed by atoms with Crippen molar-refractivity contribution in [1.82, 2.24) is 24.4 Å². The molecule has 0 spiro atoms. The van der Waals surface area contributed by atoms with Crippen LogP contribution >= 0.6 is 0 Å². The minimum Gasteiger partial charge on any atom is -0.306 e. The summed E-state index contributed by atoms with van der Waals surface area (Å²) in [7, 11) is 2.16. The van der Waals surface area contributed by atoms with Crippen molar-refractivity contribution in [2.75, 3.05) is 20.1 Å². The quantitative estimate of drug-likeness (QED) is 0.718. The number of allylic oxidation sites excluding steroid dienone is 4. The Kier molecular flexibility index (Phi) is 5.74. The third-order valence-electron chi connectivity index (χ3n) is 7.03. The molecule has 3 aliphatic rings. The number of fused-ring (bicyclic) bond motifs is 2. The zero-order valence-electron chi connectivity index (χ0n) is 20.0. The van der Waals surface area contributed by atoms with Crippen LogP contribution in [0.3, 0.4) is 0 Å². The molecule has 0 N–H and O–H groups in total. The lowest BCUT2D eigenvalue weighted by Crippen LogP contribution is -2.33. The summed E-state index contributed by atoms with van der Waals surface area (Å²) in [5.41, 5.74) is 6.67. The second-order valence-electron chi connectivity index (χ2n) is 9.51. The van der Waals surface area contributed by atoms with Gasteiger partial charge in [-0.05, 0) is 70.3 Å². The fourth-order valence-corrected chi connectivity index (χ4v) is 4.98. The van der Waals surface area contributed by atoms with Crippen molar-refractivity contribution >= 4 is 23.2 Å². The lowest BCUT2D eigenvalue weighted by atomic mass is 9.91. The second kappa shape index (κ2) is 8.71. The van der Waals surface area contributed by atoms with Crippen LogP contribution in [0.5, 0.6) is 0 Å². The number of carbonyl (C=O) groups excluding carboxylic acids is 1. The van der Waals surface area contributed by atoms with E-state index in [2.05, 4.69) is 42.9 Å². The molecule has 1 atom stereocenters. The Morgan fingerprint density at radius 3 is 2.76 bits per heavy atom. The molecule has 0 saturated carbocycles. The average Bonchev–Trinajstić information content (AvgIpc) is 3.23. The lowest BCUT2D eigenvalue weighted by Gasteiger charge is -2.32. The molecule has 1 saturated heterocycles. The number of hydrogen-bond acceptors (Lipinski definition) is 5. The number of amides is 1. The first-order chi connectivity index (χ1) is 15.9. The number of nitrogens with zero attached hydrogens (tertiary/aromatic N) is 6. The Bertz CT molecular complexity index is 1210. The fourth-order valence-electron chi connectivity index (χ4n) is 4.98. The molecule has 7 heteroatoms. The summed E-state index contributed by atoms with van der Waals surface area (Å²) in [6, 6.07) is 2.07. The van der Waals surface area contributed by atoms with Crippen molar-refractivity contribution in [1.29, 1.82) is 0 Å². The molecule has 5 heterocycles. The van der Waals surface area contributed by atoms with Crippen molar-refractivity contribution < 1.29 is 4.79 Å². The highest BCUT2D eigenvalue weighted by Gasteiger charge is 2.28. The van der Waals surface area contributed by atoms with E-state index in [1.807, 2.05) is 30.1 Å². The van der Waals surface area contributed by atoms with Crippen molar-refractivity contribution in [3.05, 3.63) is 59.1 Å². The van der Waals surface area contributed by atoms with Gasteiger partial charge in [-0.15, -0.1) is 0 Å². The van der Waals surface area contributed by atoms with E-state index in [9.17, 15) is 4.79 Å². The van der Waals surface area contributed by atoms with Crippen LogP contribution in [0.2, 0.25) is 0 Å². The summed E-state index contributed by atoms with van der Waals surface area (Å²) in [6.07, 6.45) is 13.5. The molecule has 1 amide bonds. The van der Waals surface area contributed by atoms with Crippen LogP contribution in [0.4, 0.5) is 0 Å². The molecule has 3 aliphatic heterocycles. The van der Waals surface area contributed by atoms with Crippen molar-refractivity contribution in [2.45, 2.75) is 46.5 Å². The van der Waals surface area contributed by atoms with Crippen molar-refractivity contribution in [2.24, 2.45) is 16.8 Å². The van der Waals surface area contributed by atoms with E-state index in [1.165, 1.54) is 0 Å². The summed E-state index contributed by atoms with van der Waals surface area (Å²) in [4.78, 5) is 27.0. The molecule has 1 unspecified atom stereocenters. The minimum absolute atomic E-state index is 0.0403. The standard InChI is InChI=1S/C26H32N6O/c1-5-22-25-13-23(29-32(25)15-18(3)28-22)21-12-26(33)31-16-24(19-8-10-30(4)11-9-19)27-14-20(31)7-6-17(21)2/h7,12-17,19H,5-6,8-11H2,1-4H3. The molecule has 0 radical (unpaired) electrons. The fraction of sp³-hybridized carbons (Fsp3) is 0.462. The molecule has 2 aromatic rings. The molecule has 172 valence electrons. The topological polar surface area (TPSA) is 66.1 Å². The lowest BCUT2D eigenvalue weighted by molar-refractivity contribution is -0.122. The number of carbonyl (C=O) groups is 1. The van der Waals surface area contributed by atoms with Crippen LogP contribution in [-0.4, -0.2) is 56.7 Å². The van der Waals surface area contributed by atoms with Gasteiger partial charge in [0, 0.05) is 18.2 Å². The van der Waals surface area contributed by atoms with Crippen molar-refractivity contribution in [3.8, 4) is 0 Å². The second-order valence-corrected chi connectivity index (χ2v) is 9.51. The van der Waals surface area contributed by atoms with Gasteiger partial charge in [0.25, 0.3) is 5.91 Å². The maximum absolute atomic E-state index is 13.5. The number of aromatic nitrogens is 3. The third kappa shape index (κ3) is 4.17. The van der Waals surface area contributed by atoms with Crippen LogP contribution in [-0.2, 0) is 11.2 Å². The first-order valence-corrected chi connectivity index (χ1v) is 12.0. The van der Waals surface area contributed by atoms with Gasteiger partial charge >= 0.3 is 0 Å². The molecule has 5 rings (SSSR count). The Hall–Kier alpha value is -3.06. The Morgan fingerprint density at radius 2 is 2.00 bits per heavy atom. The highest BCUT2D eigenvalue weighted by atomic mass is 16.2. The summed E-state index contributed by atoms with van der Waals surface area (Å²) in [5.74, 6) is 0.531. The van der Waals surface area contributed by atoms with Crippen LogP contribution in [0.15, 0.2) is 47.0 Å². The average molecular weight is 445 g/mol. The molecular formula is C26H32N6O. The van der Waals surface area contributed by atoms with Gasteiger partial charge in [-0.25, -0.2) is 4.52 Å². The van der Waals surface area contributed by atoms with E-state index < -0.39 is 0 Å². The summed E-state index contributed by atoms with van der Waals surface area (Å²) in [6.45, 7) is 8.38. The van der Waals surface area contributed by atoms with Gasteiger partial charge in [-0.2, -0.15) is 5.10 Å². The highest BCUT2D eigenvalue weighted by Crippen LogP contribution is 2.33. The van der Waals surface area contributed by atoms with Gasteiger partial charge < -0.3 is 4.90 Å². The largest absolute Gasteiger partial charge is 0.306 e. The van der Waals surface area contributed by atoms with E-state index in [0.717, 1.165) is 78.3 Å². The van der Waals surface area contributed by atoms with Gasteiger partial charge in [-0.1, -0.05) is 19.9 Å². The zero-order chi connectivity index (χ0) is 23.1. The normalized spacial score (nSPS) is 22.5. The number of likely N-dealkylation sites (tertiary alicyclic amines) is 1. The SMILES string of the molecule is CCc1nc(C)cn2nc(C3=CC(=O)N4C=C(C5CCN(C)CC5)N=CC4=CCC3C)cc12. The predicted octanol–water partition coefficient (Wildman–Crippen LogP) is 4.00.